The van der Waals surface area contributed by atoms with E-state index in [4.69, 9.17) is 5.73 Å². The number of carbonyl (C=O) groups excluding carboxylic acids is 1. The van der Waals surface area contributed by atoms with Crippen molar-refractivity contribution in [3.63, 3.8) is 0 Å². The average molecular weight is 190 g/mol. The molecule has 0 fully saturated rings. The molecule has 0 unspecified atom stereocenters. The number of fused-ring (bicyclic) bond motifs is 1. The quantitative estimate of drug-likeness (QED) is 0.671. The third kappa shape index (κ3) is 0.921. The smallest absolute Gasteiger partial charge is 0.166 e. The minimum atomic E-state index is 0.413. The van der Waals surface area contributed by atoms with Crippen LogP contribution in [0.2, 0.25) is 0 Å². The summed E-state index contributed by atoms with van der Waals surface area (Å²) in [6.45, 7) is 1.84. The summed E-state index contributed by atoms with van der Waals surface area (Å²) in [7, 11) is 1.78. The number of hydrogen-bond donors (Lipinski definition) is 1. The molecule has 0 atom stereocenters. The number of aryl methyl sites for hydroxylation is 2. The Kier molecular flexibility index (Phi) is 1.73. The number of rotatable bonds is 1. The lowest BCUT2D eigenvalue weighted by Gasteiger charge is -1.96. The van der Waals surface area contributed by atoms with Gasteiger partial charge in [0.2, 0.25) is 0 Å². The Morgan fingerprint density at radius 3 is 2.79 bits per heavy atom. The molecule has 5 nitrogen and oxygen atoms in total. The molecule has 72 valence electrons. The summed E-state index contributed by atoms with van der Waals surface area (Å²) in [6, 6.07) is 0. The van der Waals surface area contributed by atoms with Crippen LogP contribution in [0, 0.1) is 6.92 Å². The van der Waals surface area contributed by atoms with Gasteiger partial charge in [-0.3, -0.25) is 4.79 Å². The highest BCUT2D eigenvalue weighted by Crippen LogP contribution is 2.24. The van der Waals surface area contributed by atoms with Gasteiger partial charge in [-0.25, -0.2) is 9.97 Å². The highest BCUT2D eigenvalue weighted by Gasteiger charge is 2.14. The Labute approximate surface area is 80.6 Å². The summed E-state index contributed by atoms with van der Waals surface area (Å²) >= 11 is 0. The molecule has 2 aromatic rings. The van der Waals surface area contributed by atoms with Crippen LogP contribution in [-0.2, 0) is 7.05 Å². The predicted octanol–water partition coefficient (Wildman–Crippen LogP) is 0.671. The first-order chi connectivity index (χ1) is 6.66. The molecule has 0 bridgehead atoms. The topological polar surface area (TPSA) is 73.8 Å². The molecule has 0 aliphatic rings. The SMILES string of the molecule is Cc1c(C=O)n(C)c2ncnc(N)c12. The molecule has 2 heterocycles. The second-order valence-corrected chi connectivity index (χ2v) is 3.14. The lowest BCUT2D eigenvalue weighted by molar-refractivity contribution is 0.111. The van der Waals surface area contributed by atoms with E-state index in [0.29, 0.717) is 17.2 Å². The molecule has 0 aliphatic heterocycles. The van der Waals surface area contributed by atoms with E-state index >= 15 is 0 Å². The summed E-state index contributed by atoms with van der Waals surface area (Å²) in [5, 5.41) is 0.761. The Balaban J connectivity index is 3.01. The van der Waals surface area contributed by atoms with E-state index in [0.717, 1.165) is 17.2 Å². The van der Waals surface area contributed by atoms with Gasteiger partial charge in [-0.05, 0) is 12.5 Å². The number of anilines is 1. The number of aldehydes is 1. The van der Waals surface area contributed by atoms with Crippen LogP contribution in [0.1, 0.15) is 16.1 Å². The maximum atomic E-state index is 10.8. The van der Waals surface area contributed by atoms with Crippen molar-refractivity contribution in [3.8, 4) is 0 Å². The number of aromatic nitrogens is 3. The molecular weight excluding hydrogens is 180 g/mol. The Bertz CT molecular complexity index is 515. The zero-order valence-electron chi connectivity index (χ0n) is 7.98. The molecule has 2 rings (SSSR count). The molecular formula is C9H10N4O. The molecule has 0 aliphatic carbocycles. The number of nitrogen functional groups attached to an aromatic ring is 1. The summed E-state index contributed by atoms with van der Waals surface area (Å²) in [4.78, 5) is 18.8. The number of carbonyl (C=O) groups is 1. The van der Waals surface area contributed by atoms with E-state index in [1.54, 1.807) is 11.6 Å². The molecule has 0 saturated carbocycles. The van der Waals surface area contributed by atoms with Gasteiger partial charge in [0.25, 0.3) is 0 Å². The van der Waals surface area contributed by atoms with E-state index in [1.807, 2.05) is 6.92 Å². The van der Waals surface area contributed by atoms with Gasteiger partial charge in [-0.1, -0.05) is 0 Å². The Morgan fingerprint density at radius 1 is 1.50 bits per heavy atom. The molecule has 0 aromatic carbocycles. The normalized spacial score (nSPS) is 10.7. The molecule has 2 N–H and O–H groups in total. The summed E-state index contributed by atoms with van der Waals surface area (Å²) in [6.07, 6.45) is 2.20. The van der Waals surface area contributed by atoms with Gasteiger partial charge >= 0.3 is 0 Å². The Hall–Kier alpha value is -1.91. The number of nitrogens with two attached hydrogens (primary N) is 1. The van der Waals surface area contributed by atoms with Crippen LogP contribution < -0.4 is 5.73 Å². The van der Waals surface area contributed by atoms with E-state index < -0.39 is 0 Å². The van der Waals surface area contributed by atoms with Gasteiger partial charge in [0.1, 0.15) is 17.8 Å². The fraction of sp³-hybridized carbons (Fsp3) is 0.222. The monoisotopic (exact) mass is 190 g/mol. The van der Waals surface area contributed by atoms with Crippen molar-refractivity contribution in [1.29, 1.82) is 0 Å². The highest BCUT2D eigenvalue weighted by molar-refractivity contribution is 5.96. The molecule has 0 saturated heterocycles. The summed E-state index contributed by atoms with van der Waals surface area (Å²) in [5.74, 6) is 0.413. The molecule has 5 heteroatoms. The third-order valence-electron chi connectivity index (χ3n) is 2.41. The lowest BCUT2D eigenvalue weighted by Crippen LogP contribution is -1.96. The zero-order chi connectivity index (χ0) is 10.3. The van der Waals surface area contributed by atoms with Crippen molar-refractivity contribution in [1.82, 2.24) is 14.5 Å². The standard InChI is InChI=1S/C9H10N4O/c1-5-6(3-14)13(2)9-7(5)8(10)11-4-12-9/h3-4H,1-2H3,(H2,10,11,12). The first-order valence-electron chi connectivity index (χ1n) is 4.17. The largest absolute Gasteiger partial charge is 0.383 e. The van der Waals surface area contributed by atoms with Crippen LogP contribution in [0.25, 0.3) is 11.0 Å². The molecule has 0 spiro atoms. The van der Waals surface area contributed by atoms with E-state index in [-0.39, 0.29) is 0 Å². The second-order valence-electron chi connectivity index (χ2n) is 3.14. The fourth-order valence-electron chi connectivity index (χ4n) is 1.66. The van der Waals surface area contributed by atoms with Crippen LogP contribution >= 0.6 is 0 Å². The van der Waals surface area contributed by atoms with Gasteiger partial charge in [-0.2, -0.15) is 0 Å². The van der Waals surface area contributed by atoms with Crippen LogP contribution in [0.15, 0.2) is 6.33 Å². The number of hydrogen-bond acceptors (Lipinski definition) is 4. The average Bonchev–Trinajstić information content (AvgIpc) is 2.41. The molecule has 14 heavy (non-hydrogen) atoms. The summed E-state index contributed by atoms with van der Waals surface area (Å²) in [5.41, 5.74) is 7.82. The molecule has 0 amide bonds. The van der Waals surface area contributed by atoms with Crippen LogP contribution in [0.3, 0.4) is 0 Å². The first kappa shape index (κ1) is 8.68. The van der Waals surface area contributed by atoms with E-state index in [2.05, 4.69) is 9.97 Å². The predicted molar refractivity (Wildman–Crippen MR) is 53.0 cm³/mol. The van der Waals surface area contributed by atoms with Gasteiger partial charge in [0, 0.05) is 7.05 Å². The first-order valence-corrected chi connectivity index (χ1v) is 4.17. The third-order valence-corrected chi connectivity index (χ3v) is 2.41. The number of nitrogens with zero attached hydrogens (tertiary/aromatic N) is 3. The van der Waals surface area contributed by atoms with Gasteiger partial charge in [0.05, 0.1) is 11.1 Å². The maximum Gasteiger partial charge on any atom is 0.166 e. The van der Waals surface area contributed by atoms with Gasteiger partial charge < -0.3 is 10.3 Å². The minimum Gasteiger partial charge on any atom is -0.383 e. The maximum absolute atomic E-state index is 10.8. The van der Waals surface area contributed by atoms with Crippen LogP contribution in [0.4, 0.5) is 5.82 Å². The zero-order valence-corrected chi connectivity index (χ0v) is 7.98. The summed E-state index contributed by atoms with van der Waals surface area (Å²) < 4.78 is 1.72. The minimum absolute atomic E-state index is 0.413. The molecule has 2 aromatic heterocycles. The van der Waals surface area contributed by atoms with E-state index in [1.165, 1.54) is 6.33 Å². The van der Waals surface area contributed by atoms with Crippen molar-refractivity contribution < 1.29 is 4.79 Å². The van der Waals surface area contributed by atoms with Crippen molar-refractivity contribution in [2.24, 2.45) is 7.05 Å². The van der Waals surface area contributed by atoms with Crippen molar-refractivity contribution in [3.05, 3.63) is 17.6 Å². The Morgan fingerprint density at radius 2 is 2.21 bits per heavy atom. The lowest BCUT2D eigenvalue weighted by atomic mass is 10.2. The second kappa shape index (κ2) is 2.80. The fourth-order valence-corrected chi connectivity index (χ4v) is 1.66. The van der Waals surface area contributed by atoms with Gasteiger partial charge in [0.15, 0.2) is 6.29 Å². The van der Waals surface area contributed by atoms with E-state index in [9.17, 15) is 4.79 Å². The van der Waals surface area contributed by atoms with Gasteiger partial charge in [-0.15, -0.1) is 0 Å². The van der Waals surface area contributed by atoms with Crippen LogP contribution in [0.5, 0.6) is 0 Å². The van der Waals surface area contributed by atoms with Crippen LogP contribution in [-0.4, -0.2) is 20.8 Å². The highest BCUT2D eigenvalue weighted by atomic mass is 16.1. The van der Waals surface area contributed by atoms with Crippen molar-refractivity contribution in [2.45, 2.75) is 6.92 Å². The van der Waals surface area contributed by atoms with Crippen molar-refractivity contribution in [2.75, 3.05) is 5.73 Å². The van der Waals surface area contributed by atoms with Crippen molar-refractivity contribution >= 4 is 23.1 Å². The molecule has 0 radical (unpaired) electrons.